The van der Waals surface area contributed by atoms with Crippen LogP contribution in [0.2, 0.25) is 0 Å². The highest BCUT2D eigenvalue weighted by Gasteiger charge is 2.25. The molecule has 1 N–H and O–H groups in total. The number of aryl methyl sites for hydroxylation is 1. The molecule has 2 heterocycles. The molecule has 0 unspecified atom stereocenters. The summed E-state index contributed by atoms with van der Waals surface area (Å²) in [5, 5.41) is 3.34. The van der Waals surface area contributed by atoms with Crippen LogP contribution in [0.15, 0.2) is 23.2 Å². The van der Waals surface area contributed by atoms with Crippen LogP contribution in [0.25, 0.3) is 11.0 Å². The van der Waals surface area contributed by atoms with E-state index in [1.807, 2.05) is 7.05 Å². The molecule has 6 nitrogen and oxygen atoms in total. The molecule has 7 heteroatoms. The maximum absolute atomic E-state index is 12.1. The van der Waals surface area contributed by atoms with E-state index in [1.54, 1.807) is 37.6 Å². The Balaban J connectivity index is 2.64. The summed E-state index contributed by atoms with van der Waals surface area (Å²) in [6, 6.07) is 3.32. The van der Waals surface area contributed by atoms with Gasteiger partial charge in [0.1, 0.15) is 10.5 Å². The molecular weight excluding hydrogens is 290 g/mol. The molecule has 0 radical (unpaired) electrons. The van der Waals surface area contributed by atoms with Gasteiger partial charge in [-0.15, -0.1) is 0 Å². The van der Waals surface area contributed by atoms with Crippen LogP contribution >= 0.6 is 0 Å². The molecule has 0 saturated heterocycles. The van der Waals surface area contributed by atoms with Gasteiger partial charge in [0.05, 0.1) is 0 Å². The van der Waals surface area contributed by atoms with Crippen LogP contribution in [0.5, 0.6) is 0 Å². The second kappa shape index (κ2) is 4.84. The molecule has 1 amide bonds. The molecule has 0 atom stereocenters. The molecule has 0 fully saturated rings. The van der Waals surface area contributed by atoms with Crippen LogP contribution in [0, 0.1) is 5.41 Å². The summed E-state index contributed by atoms with van der Waals surface area (Å²) in [5.74, 6) is -0.208. The van der Waals surface area contributed by atoms with Gasteiger partial charge in [-0.2, -0.15) is 0 Å². The molecule has 0 saturated carbocycles. The minimum absolute atomic E-state index is 0.0267. The lowest BCUT2D eigenvalue weighted by molar-refractivity contribution is -0.123. The molecular formula is C14H19N3O3S. The molecule has 114 valence electrons. The van der Waals surface area contributed by atoms with Crippen molar-refractivity contribution in [1.82, 2.24) is 9.55 Å². The van der Waals surface area contributed by atoms with Gasteiger partial charge < -0.3 is 9.88 Å². The smallest absolute Gasteiger partial charge is 0.230 e. The molecule has 2 rings (SSSR count). The Hall–Kier alpha value is -1.89. The van der Waals surface area contributed by atoms with Gasteiger partial charge >= 0.3 is 0 Å². The number of amides is 1. The Bertz CT molecular complexity index is 814. The van der Waals surface area contributed by atoms with Crippen molar-refractivity contribution in [3.8, 4) is 0 Å². The lowest BCUT2D eigenvalue weighted by Gasteiger charge is -2.18. The topological polar surface area (TPSA) is 81.1 Å². The van der Waals surface area contributed by atoms with Crippen molar-refractivity contribution in [3.63, 3.8) is 0 Å². The van der Waals surface area contributed by atoms with Crippen molar-refractivity contribution < 1.29 is 13.2 Å². The lowest BCUT2D eigenvalue weighted by Crippen LogP contribution is -2.28. The van der Waals surface area contributed by atoms with Gasteiger partial charge in [-0.1, -0.05) is 20.8 Å². The third kappa shape index (κ3) is 3.07. The van der Waals surface area contributed by atoms with Crippen molar-refractivity contribution in [2.24, 2.45) is 12.5 Å². The van der Waals surface area contributed by atoms with Gasteiger partial charge in [0.15, 0.2) is 15.7 Å². The maximum atomic E-state index is 12.1. The van der Waals surface area contributed by atoms with E-state index in [9.17, 15) is 13.2 Å². The Morgan fingerprint density at radius 1 is 1.33 bits per heavy atom. The van der Waals surface area contributed by atoms with Gasteiger partial charge in [0.25, 0.3) is 0 Å². The van der Waals surface area contributed by atoms with Gasteiger partial charge in [-0.25, -0.2) is 13.4 Å². The molecule has 0 bridgehead atoms. The summed E-state index contributed by atoms with van der Waals surface area (Å²) >= 11 is 0. The first-order chi connectivity index (χ1) is 9.50. The molecule has 2 aromatic heterocycles. The zero-order valence-electron chi connectivity index (χ0n) is 12.8. The average Bonchev–Trinajstić information content (AvgIpc) is 2.67. The van der Waals surface area contributed by atoms with Crippen molar-refractivity contribution >= 4 is 32.6 Å². The van der Waals surface area contributed by atoms with E-state index in [1.165, 1.54) is 6.07 Å². The van der Waals surface area contributed by atoms with Gasteiger partial charge in [-0.3, -0.25) is 4.79 Å². The third-order valence-electron chi connectivity index (χ3n) is 3.12. The number of pyridine rings is 1. The number of aromatic nitrogens is 2. The van der Waals surface area contributed by atoms with Crippen molar-refractivity contribution in [3.05, 3.63) is 18.3 Å². The summed E-state index contributed by atoms with van der Waals surface area (Å²) in [6.45, 7) is 5.26. The monoisotopic (exact) mass is 309 g/mol. The van der Waals surface area contributed by atoms with E-state index < -0.39 is 15.3 Å². The summed E-state index contributed by atoms with van der Waals surface area (Å²) in [4.78, 5) is 16.5. The Kier molecular flexibility index (Phi) is 3.57. The number of sulfone groups is 1. The molecule has 0 aromatic carbocycles. The lowest BCUT2D eigenvalue weighted by atomic mass is 9.96. The van der Waals surface area contributed by atoms with Gasteiger partial charge in [0, 0.05) is 30.3 Å². The Morgan fingerprint density at radius 2 is 1.95 bits per heavy atom. The van der Waals surface area contributed by atoms with Crippen LogP contribution in [0.3, 0.4) is 0 Å². The fourth-order valence-electron chi connectivity index (χ4n) is 1.83. The van der Waals surface area contributed by atoms with E-state index >= 15 is 0 Å². The van der Waals surface area contributed by atoms with Crippen LogP contribution in [-0.4, -0.2) is 30.1 Å². The Labute approximate surface area is 124 Å². The van der Waals surface area contributed by atoms with E-state index in [0.717, 1.165) is 6.26 Å². The number of fused-ring (bicyclic) bond motifs is 1. The van der Waals surface area contributed by atoms with Crippen LogP contribution in [-0.2, 0) is 21.7 Å². The SMILES string of the molecule is Cn1ccc2cc(S(C)(=O)=O)c(NC(=O)C(C)(C)C)nc21. The summed E-state index contributed by atoms with van der Waals surface area (Å²) in [7, 11) is -1.68. The number of nitrogens with one attached hydrogen (secondary N) is 1. The molecule has 21 heavy (non-hydrogen) atoms. The van der Waals surface area contributed by atoms with E-state index in [-0.39, 0.29) is 16.6 Å². The number of carbonyl (C=O) groups excluding carboxylic acids is 1. The van der Waals surface area contributed by atoms with Gasteiger partial charge in [0.2, 0.25) is 5.91 Å². The second-order valence-corrected chi connectivity index (χ2v) is 8.14. The standard InChI is InChI=1S/C14H19N3O3S/c1-14(2,3)13(18)16-11-10(21(5,19)20)8-9-6-7-17(4)12(9)15-11/h6-8H,1-5H3,(H,15,16,18). The molecule has 2 aromatic rings. The fourth-order valence-corrected chi connectivity index (χ4v) is 2.62. The Morgan fingerprint density at radius 3 is 2.48 bits per heavy atom. The minimum Gasteiger partial charge on any atom is -0.336 e. The van der Waals surface area contributed by atoms with E-state index in [0.29, 0.717) is 11.0 Å². The normalized spacial score (nSPS) is 12.6. The second-order valence-electron chi connectivity index (χ2n) is 6.15. The maximum Gasteiger partial charge on any atom is 0.230 e. The largest absolute Gasteiger partial charge is 0.336 e. The highest BCUT2D eigenvalue weighted by Crippen LogP contribution is 2.26. The molecule has 0 aliphatic carbocycles. The summed E-state index contributed by atoms with van der Waals surface area (Å²) in [6.07, 6.45) is 2.89. The van der Waals surface area contributed by atoms with E-state index in [2.05, 4.69) is 10.3 Å². The van der Waals surface area contributed by atoms with Crippen LogP contribution in [0.1, 0.15) is 20.8 Å². The molecule has 0 aliphatic heterocycles. The number of anilines is 1. The highest BCUT2D eigenvalue weighted by atomic mass is 32.2. The number of nitrogens with zero attached hydrogens (tertiary/aromatic N) is 2. The average molecular weight is 309 g/mol. The van der Waals surface area contributed by atoms with Crippen LogP contribution in [0.4, 0.5) is 5.82 Å². The molecule has 0 aliphatic rings. The third-order valence-corrected chi connectivity index (χ3v) is 4.23. The predicted octanol–water partition coefficient (Wildman–Crippen LogP) is 1.96. The van der Waals surface area contributed by atoms with Crippen LogP contribution < -0.4 is 5.32 Å². The highest BCUT2D eigenvalue weighted by molar-refractivity contribution is 7.90. The summed E-state index contributed by atoms with van der Waals surface area (Å²) < 4.78 is 25.6. The van der Waals surface area contributed by atoms with E-state index in [4.69, 9.17) is 0 Å². The van der Waals surface area contributed by atoms with Gasteiger partial charge in [-0.05, 0) is 12.1 Å². The first kappa shape index (κ1) is 15.5. The summed E-state index contributed by atoms with van der Waals surface area (Å²) in [5.41, 5.74) is -0.0220. The number of hydrogen-bond donors (Lipinski definition) is 1. The number of hydrogen-bond acceptors (Lipinski definition) is 4. The van der Waals surface area contributed by atoms with Crippen molar-refractivity contribution in [1.29, 1.82) is 0 Å². The quantitative estimate of drug-likeness (QED) is 0.919. The number of carbonyl (C=O) groups is 1. The zero-order chi connectivity index (χ0) is 16.0. The fraction of sp³-hybridized carbons (Fsp3) is 0.429. The first-order valence-corrected chi connectivity index (χ1v) is 8.37. The van der Waals surface area contributed by atoms with Crippen molar-refractivity contribution in [2.75, 3.05) is 11.6 Å². The number of rotatable bonds is 2. The predicted molar refractivity (Wildman–Crippen MR) is 81.9 cm³/mol. The zero-order valence-corrected chi connectivity index (χ0v) is 13.6. The molecule has 0 spiro atoms. The van der Waals surface area contributed by atoms with Crippen molar-refractivity contribution in [2.45, 2.75) is 25.7 Å². The minimum atomic E-state index is -3.49. The first-order valence-electron chi connectivity index (χ1n) is 6.48.